The average Bonchev–Trinajstić information content (AvgIpc) is 3.28. The predicted octanol–water partition coefficient (Wildman–Crippen LogP) is 4.31. The number of carbonyl (C=O) groups is 1. The van der Waals surface area contributed by atoms with E-state index < -0.39 is 0 Å². The summed E-state index contributed by atoms with van der Waals surface area (Å²) in [4.78, 5) is 16.5. The summed E-state index contributed by atoms with van der Waals surface area (Å²) in [6.07, 6.45) is 3.36. The van der Waals surface area contributed by atoms with Crippen LogP contribution in [-0.4, -0.2) is 27.2 Å². The van der Waals surface area contributed by atoms with Crippen molar-refractivity contribution in [3.05, 3.63) is 69.4 Å². The Hall–Kier alpha value is -2.93. The van der Waals surface area contributed by atoms with Gasteiger partial charge in [0.05, 0.1) is 16.4 Å². The number of nitrogens with one attached hydrogen (secondary N) is 1. The minimum atomic E-state index is -0.102. The molecule has 0 saturated carbocycles. The maximum atomic E-state index is 12.1. The fourth-order valence-corrected chi connectivity index (χ4v) is 3.63. The van der Waals surface area contributed by atoms with E-state index in [1.54, 1.807) is 23.5 Å². The highest BCUT2D eigenvalue weighted by molar-refractivity contribution is 7.09. The van der Waals surface area contributed by atoms with Crippen LogP contribution in [0.1, 0.15) is 34.6 Å². The second kappa shape index (κ2) is 10.2. The van der Waals surface area contributed by atoms with Crippen LogP contribution in [0.4, 0.5) is 0 Å². The van der Waals surface area contributed by atoms with E-state index in [0.29, 0.717) is 19.1 Å². The monoisotopic (exact) mass is 424 g/mol. The molecule has 0 aliphatic heterocycles. The molecule has 30 heavy (non-hydrogen) atoms. The van der Waals surface area contributed by atoms with Crippen LogP contribution < -0.4 is 10.1 Å². The van der Waals surface area contributed by atoms with E-state index in [0.717, 1.165) is 39.9 Å². The number of carbonyl (C=O) groups excluding carboxylic acids is 1. The van der Waals surface area contributed by atoms with Gasteiger partial charge in [0.2, 0.25) is 5.91 Å². The van der Waals surface area contributed by atoms with Gasteiger partial charge >= 0.3 is 0 Å². The van der Waals surface area contributed by atoms with E-state index in [9.17, 15) is 4.79 Å². The van der Waals surface area contributed by atoms with Crippen LogP contribution in [-0.2, 0) is 17.9 Å². The zero-order chi connectivity index (χ0) is 21.5. The van der Waals surface area contributed by atoms with Crippen LogP contribution in [0.25, 0.3) is 6.08 Å². The zero-order valence-electron chi connectivity index (χ0n) is 17.9. The highest BCUT2D eigenvalue weighted by atomic mass is 32.1. The molecule has 0 saturated heterocycles. The van der Waals surface area contributed by atoms with E-state index in [1.807, 2.05) is 55.1 Å². The Morgan fingerprint density at radius 3 is 2.67 bits per heavy atom. The quantitative estimate of drug-likeness (QED) is 0.520. The summed E-state index contributed by atoms with van der Waals surface area (Å²) >= 11 is 1.62. The van der Waals surface area contributed by atoms with Crippen LogP contribution in [0, 0.1) is 26.7 Å². The number of amides is 1. The molecule has 1 atom stereocenters. The average molecular weight is 425 g/mol. The molecule has 0 aliphatic carbocycles. The van der Waals surface area contributed by atoms with Crippen molar-refractivity contribution in [1.82, 2.24) is 20.1 Å². The smallest absolute Gasteiger partial charge is 0.244 e. The van der Waals surface area contributed by atoms with Gasteiger partial charge < -0.3 is 10.1 Å². The highest BCUT2D eigenvalue weighted by Crippen LogP contribution is 2.16. The topological polar surface area (TPSA) is 69.0 Å². The molecule has 0 fully saturated rings. The van der Waals surface area contributed by atoms with Gasteiger partial charge in [-0.25, -0.2) is 4.98 Å². The lowest BCUT2D eigenvalue weighted by Gasteiger charge is -2.13. The van der Waals surface area contributed by atoms with Crippen molar-refractivity contribution in [2.24, 2.45) is 5.92 Å². The molecule has 2 aromatic heterocycles. The summed E-state index contributed by atoms with van der Waals surface area (Å²) in [6.45, 7) is 9.96. The van der Waals surface area contributed by atoms with Crippen LogP contribution in [0.3, 0.4) is 0 Å². The number of benzene rings is 1. The maximum absolute atomic E-state index is 12.1. The number of ether oxygens (including phenoxy) is 1. The van der Waals surface area contributed by atoms with Gasteiger partial charge in [0, 0.05) is 30.2 Å². The second-order valence-corrected chi connectivity index (χ2v) is 8.57. The fraction of sp³-hybridized carbons (Fsp3) is 0.348. The summed E-state index contributed by atoms with van der Waals surface area (Å²) in [7, 11) is 0. The normalized spacial score (nSPS) is 12.3. The van der Waals surface area contributed by atoms with Gasteiger partial charge in [-0.3, -0.25) is 9.48 Å². The molecule has 0 spiro atoms. The Labute approximate surface area is 181 Å². The Bertz CT molecular complexity index is 1000. The molecule has 158 valence electrons. The number of rotatable bonds is 9. The number of aromatic nitrogens is 3. The number of nitrogens with zero attached hydrogens (tertiary/aromatic N) is 3. The van der Waals surface area contributed by atoms with Crippen molar-refractivity contribution < 1.29 is 9.53 Å². The second-order valence-electron chi connectivity index (χ2n) is 7.51. The van der Waals surface area contributed by atoms with Gasteiger partial charge in [0.15, 0.2) is 0 Å². The number of aryl methyl sites for hydroxylation is 3. The van der Waals surface area contributed by atoms with E-state index in [4.69, 9.17) is 4.74 Å². The maximum Gasteiger partial charge on any atom is 0.244 e. The molecule has 3 aromatic rings. The molecule has 0 bridgehead atoms. The number of hydrogen-bond acceptors (Lipinski definition) is 5. The molecule has 3 rings (SSSR count). The Morgan fingerprint density at radius 1 is 1.27 bits per heavy atom. The first-order chi connectivity index (χ1) is 14.4. The largest absolute Gasteiger partial charge is 0.487 e. The van der Waals surface area contributed by atoms with Gasteiger partial charge in [-0.05, 0) is 56.5 Å². The predicted molar refractivity (Wildman–Crippen MR) is 121 cm³/mol. The lowest BCUT2D eigenvalue weighted by molar-refractivity contribution is -0.116. The number of hydrogen-bond donors (Lipinski definition) is 1. The molecule has 1 amide bonds. The van der Waals surface area contributed by atoms with Crippen molar-refractivity contribution in [1.29, 1.82) is 0 Å². The van der Waals surface area contributed by atoms with Crippen LogP contribution in [0.2, 0.25) is 0 Å². The summed E-state index contributed by atoms with van der Waals surface area (Å²) in [6, 6.07) is 9.71. The van der Waals surface area contributed by atoms with Gasteiger partial charge in [-0.1, -0.05) is 19.1 Å². The lowest BCUT2D eigenvalue weighted by Crippen LogP contribution is -2.29. The van der Waals surface area contributed by atoms with Gasteiger partial charge in [-0.15, -0.1) is 11.3 Å². The molecule has 6 nitrogen and oxygen atoms in total. The Morgan fingerprint density at radius 2 is 2.03 bits per heavy atom. The molecule has 0 radical (unpaired) electrons. The van der Waals surface area contributed by atoms with Crippen LogP contribution in [0.5, 0.6) is 5.75 Å². The molecule has 1 aromatic carbocycles. The third-order valence-corrected chi connectivity index (χ3v) is 5.40. The van der Waals surface area contributed by atoms with Gasteiger partial charge in [-0.2, -0.15) is 5.10 Å². The minimum absolute atomic E-state index is 0.102. The van der Waals surface area contributed by atoms with Crippen LogP contribution >= 0.6 is 11.3 Å². The van der Waals surface area contributed by atoms with Gasteiger partial charge in [0.1, 0.15) is 12.4 Å². The minimum Gasteiger partial charge on any atom is -0.487 e. The van der Waals surface area contributed by atoms with Crippen molar-refractivity contribution in [3.8, 4) is 5.75 Å². The molecule has 7 heteroatoms. The summed E-state index contributed by atoms with van der Waals surface area (Å²) in [5.74, 6) is 0.966. The van der Waals surface area contributed by atoms with E-state index >= 15 is 0 Å². The van der Waals surface area contributed by atoms with Crippen molar-refractivity contribution in [2.75, 3.05) is 6.54 Å². The first-order valence-corrected chi connectivity index (χ1v) is 10.9. The first-order valence-electron chi connectivity index (χ1n) is 10.00. The van der Waals surface area contributed by atoms with Gasteiger partial charge in [0.25, 0.3) is 0 Å². The zero-order valence-corrected chi connectivity index (χ0v) is 18.7. The third-order valence-electron chi connectivity index (χ3n) is 4.57. The Kier molecular flexibility index (Phi) is 7.41. The fourth-order valence-electron chi connectivity index (χ4n) is 3.03. The van der Waals surface area contributed by atoms with E-state index in [1.165, 1.54) is 0 Å². The third kappa shape index (κ3) is 6.56. The molecule has 0 aliphatic rings. The molecule has 0 unspecified atom stereocenters. The number of thiazole rings is 1. The molecule has 2 heterocycles. The molecular formula is C23H28N4O2S. The molecule has 1 N–H and O–H groups in total. The summed E-state index contributed by atoms with van der Waals surface area (Å²) in [5, 5.41) is 10.5. The van der Waals surface area contributed by atoms with Crippen molar-refractivity contribution in [3.63, 3.8) is 0 Å². The Balaban J connectivity index is 1.42. The lowest BCUT2D eigenvalue weighted by atomic mass is 10.1. The summed E-state index contributed by atoms with van der Waals surface area (Å²) < 4.78 is 7.73. The van der Waals surface area contributed by atoms with Crippen molar-refractivity contribution in [2.45, 2.75) is 40.8 Å². The SMILES string of the molecule is Cc1cc(C)n(C[C@@H](C)CNC(=O)/C=C/c2ccc(OCc3csc(C)n3)cc2)n1. The standard InChI is InChI=1S/C23H28N4O2S/c1-16(13-27-18(3)11-17(2)26-27)12-24-23(28)10-7-20-5-8-22(9-6-20)29-14-21-15-30-19(4)25-21/h5-11,15-16H,12-14H2,1-4H3,(H,24,28)/b10-7+/t16-/m0/s1. The van der Waals surface area contributed by atoms with E-state index in [-0.39, 0.29) is 5.91 Å². The van der Waals surface area contributed by atoms with E-state index in [2.05, 4.69) is 28.4 Å². The first kappa shape index (κ1) is 21.8. The van der Waals surface area contributed by atoms with Crippen molar-refractivity contribution >= 4 is 23.3 Å². The summed E-state index contributed by atoms with van der Waals surface area (Å²) in [5.41, 5.74) is 4.03. The molecular weight excluding hydrogens is 396 g/mol. The van der Waals surface area contributed by atoms with Crippen LogP contribution in [0.15, 0.2) is 41.8 Å². The highest BCUT2D eigenvalue weighted by Gasteiger charge is 2.08.